The lowest BCUT2D eigenvalue weighted by Crippen LogP contribution is -2.19. The van der Waals surface area contributed by atoms with E-state index in [0.717, 1.165) is 21.6 Å². The molecule has 2 heteroatoms. The van der Waals surface area contributed by atoms with E-state index >= 15 is 0 Å². The molecule has 0 fully saturated rings. The van der Waals surface area contributed by atoms with Gasteiger partial charge in [-0.1, -0.05) is 44.0 Å². The molecule has 0 aromatic heterocycles. The topological polar surface area (TPSA) is 37.3 Å². The molecule has 0 bridgehead atoms. The number of hydrogen-bond acceptors (Lipinski definition) is 1. The molecule has 1 aliphatic rings. The molecule has 1 aliphatic carbocycles. The fraction of sp³-hybridized carbons (Fsp3) is 0.0714. The number of hydrogen-bond donors (Lipinski definition) is 1. The Morgan fingerprint density at radius 1 is 1.25 bits per heavy atom. The van der Waals surface area contributed by atoms with Gasteiger partial charge in [-0.2, -0.15) is 0 Å². The van der Waals surface area contributed by atoms with Crippen molar-refractivity contribution in [2.45, 2.75) is 5.92 Å². The summed E-state index contributed by atoms with van der Waals surface area (Å²) < 4.78 is 0. The van der Waals surface area contributed by atoms with E-state index in [-0.39, 0.29) is 11.5 Å². The molecule has 1 atom stereocenters. The average molecular weight is 212 g/mol. The van der Waals surface area contributed by atoms with Crippen molar-refractivity contribution in [3.63, 3.8) is 0 Å². The van der Waals surface area contributed by atoms with Gasteiger partial charge in [0, 0.05) is 11.5 Å². The normalized spacial score (nSPS) is 17.1. The molecular weight excluding hydrogens is 200 g/mol. The Balaban J connectivity index is 2.64. The fourth-order valence-electron chi connectivity index (χ4n) is 2.00. The SMILES string of the molecule is C=C(C(=O)O)C1C=Cc2c1c(=C)ccc2=C. The number of aliphatic carboxylic acids is 1. The van der Waals surface area contributed by atoms with E-state index < -0.39 is 5.97 Å². The fourth-order valence-corrected chi connectivity index (χ4v) is 2.00. The van der Waals surface area contributed by atoms with E-state index in [1.54, 1.807) is 0 Å². The van der Waals surface area contributed by atoms with Crippen molar-refractivity contribution in [3.05, 3.63) is 51.9 Å². The number of rotatable bonds is 2. The third-order valence-electron chi connectivity index (χ3n) is 2.88. The van der Waals surface area contributed by atoms with Crippen LogP contribution in [0.25, 0.3) is 19.2 Å². The zero-order valence-electron chi connectivity index (χ0n) is 8.86. The highest BCUT2D eigenvalue weighted by atomic mass is 16.4. The van der Waals surface area contributed by atoms with Gasteiger partial charge < -0.3 is 5.11 Å². The summed E-state index contributed by atoms with van der Waals surface area (Å²) in [6.45, 7) is 11.4. The molecule has 0 heterocycles. The van der Waals surface area contributed by atoms with Gasteiger partial charge in [0.25, 0.3) is 0 Å². The van der Waals surface area contributed by atoms with Crippen molar-refractivity contribution in [1.29, 1.82) is 0 Å². The summed E-state index contributed by atoms with van der Waals surface area (Å²) >= 11 is 0. The summed E-state index contributed by atoms with van der Waals surface area (Å²) in [5, 5.41) is 10.7. The summed E-state index contributed by atoms with van der Waals surface area (Å²) in [4.78, 5) is 10.9. The molecule has 1 aromatic rings. The maximum absolute atomic E-state index is 10.9. The molecule has 0 saturated heterocycles. The Kier molecular flexibility index (Phi) is 2.27. The van der Waals surface area contributed by atoms with Crippen molar-refractivity contribution in [2.75, 3.05) is 0 Å². The van der Waals surface area contributed by atoms with Crippen LogP contribution in [0.1, 0.15) is 17.0 Å². The second kappa shape index (κ2) is 3.49. The predicted molar refractivity (Wildman–Crippen MR) is 65.3 cm³/mol. The Labute approximate surface area is 93.5 Å². The third-order valence-corrected chi connectivity index (χ3v) is 2.88. The van der Waals surface area contributed by atoms with Crippen LogP contribution in [0.2, 0.25) is 0 Å². The highest BCUT2D eigenvalue weighted by Gasteiger charge is 2.24. The van der Waals surface area contributed by atoms with Crippen molar-refractivity contribution in [3.8, 4) is 0 Å². The lowest BCUT2D eigenvalue weighted by Gasteiger charge is -2.11. The first-order valence-electron chi connectivity index (χ1n) is 4.93. The maximum Gasteiger partial charge on any atom is 0.331 e. The second-order valence-corrected chi connectivity index (χ2v) is 3.88. The monoisotopic (exact) mass is 212 g/mol. The van der Waals surface area contributed by atoms with Crippen LogP contribution in [0.15, 0.2) is 30.4 Å². The molecular formula is C14H12O2. The van der Waals surface area contributed by atoms with E-state index in [1.807, 2.05) is 24.3 Å². The quantitative estimate of drug-likeness (QED) is 0.749. The largest absolute Gasteiger partial charge is 0.478 e. The lowest BCUT2D eigenvalue weighted by molar-refractivity contribution is -0.132. The molecule has 2 rings (SSSR count). The summed E-state index contributed by atoms with van der Waals surface area (Å²) in [5.74, 6) is -1.25. The van der Waals surface area contributed by atoms with Crippen LogP contribution in [0.4, 0.5) is 0 Å². The Morgan fingerprint density at radius 3 is 2.50 bits per heavy atom. The number of allylic oxidation sites excluding steroid dienone is 1. The van der Waals surface area contributed by atoms with Crippen LogP contribution < -0.4 is 10.4 Å². The van der Waals surface area contributed by atoms with Gasteiger partial charge in [0.05, 0.1) is 0 Å². The minimum atomic E-state index is -0.976. The van der Waals surface area contributed by atoms with Gasteiger partial charge in [0.15, 0.2) is 0 Å². The first-order chi connectivity index (χ1) is 7.52. The van der Waals surface area contributed by atoms with Crippen LogP contribution in [0, 0.1) is 0 Å². The molecule has 1 unspecified atom stereocenters. The van der Waals surface area contributed by atoms with E-state index in [9.17, 15) is 4.79 Å². The van der Waals surface area contributed by atoms with E-state index in [1.165, 1.54) is 0 Å². The van der Waals surface area contributed by atoms with Crippen molar-refractivity contribution < 1.29 is 9.90 Å². The van der Waals surface area contributed by atoms with Gasteiger partial charge in [0.2, 0.25) is 0 Å². The molecule has 0 spiro atoms. The lowest BCUT2D eigenvalue weighted by atomic mass is 9.92. The van der Waals surface area contributed by atoms with Gasteiger partial charge in [-0.25, -0.2) is 4.79 Å². The molecule has 0 amide bonds. The highest BCUT2D eigenvalue weighted by Crippen LogP contribution is 2.30. The molecule has 0 aliphatic heterocycles. The molecule has 1 aromatic carbocycles. The Morgan fingerprint density at radius 2 is 1.88 bits per heavy atom. The number of carboxylic acids is 1. The zero-order valence-corrected chi connectivity index (χ0v) is 8.86. The van der Waals surface area contributed by atoms with Gasteiger partial charge in [-0.3, -0.25) is 0 Å². The molecule has 80 valence electrons. The first kappa shape index (κ1) is 10.4. The maximum atomic E-state index is 10.9. The Bertz CT molecular complexity index is 608. The standard InChI is InChI=1S/C14H12O2/c1-8-4-5-9(2)13-11(8)6-7-12(13)10(3)14(15)16/h4-7,12H,1-3H2,(H,15,16). The number of benzene rings is 1. The summed E-state index contributed by atoms with van der Waals surface area (Å²) in [7, 11) is 0. The average Bonchev–Trinajstić information content (AvgIpc) is 2.67. The number of carbonyl (C=O) groups is 1. The van der Waals surface area contributed by atoms with Crippen LogP contribution in [-0.2, 0) is 4.79 Å². The van der Waals surface area contributed by atoms with Crippen molar-refractivity contribution in [1.82, 2.24) is 0 Å². The van der Waals surface area contributed by atoms with E-state index in [4.69, 9.17) is 5.11 Å². The second-order valence-electron chi connectivity index (χ2n) is 3.88. The summed E-state index contributed by atoms with van der Waals surface area (Å²) in [5.41, 5.74) is 2.06. The molecule has 1 N–H and O–H groups in total. The first-order valence-corrected chi connectivity index (χ1v) is 4.93. The van der Waals surface area contributed by atoms with Gasteiger partial charge in [0.1, 0.15) is 0 Å². The van der Waals surface area contributed by atoms with Gasteiger partial charge >= 0.3 is 5.97 Å². The number of fused-ring (bicyclic) bond motifs is 1. The molecule has 2 nitrogen and oxygen atoms in total. The smallest absolute Gasteiger partial charge is 0.331 e. The third kappa shape index (κ3) is 1.39. The van der Waals surface area contributed by atoms with Gasteiger partial charge in [-0.15, -0.1) is 0 Å². The molecule has 0 saturated carbocycles. The minimum Gasteiger partial charge on any atom is -0.478 e. The molecule has 16 heavy (non-hydrogen) atoms. The van der Waals surface area contributed by atoms with E-state index in [0.29, 0.717) is 0 Å². The Hall–Kier alpha value is -2.09. The van der Waals surface area contributed by atoms with Crippen LogP contribution >= 0.6 is 0 Å². The summed E-state index contributed by atoms with van der Waals surface area (Å²) in [6, 6.07) is 3.74. The zero-order chi connectivity index (χ0) is 11.9. The summed E-state index contributed by atoms with van der Waals surface area (Å²) in [6.07, 6.45) is 3.73. The number of carboxylic acid groups (broad SMARTS) is 1. The predicted octanol–water partition coefficient (Wildman–Crippen LogP) is 1.26. The highest BCUT2D eigenvalue weighted by molar-refractivity contribution is 5.90. The van der Waals surface area contributed by atoms with Crippen LogP contribution in [0.5, 0.6) is 0 Å². The minimum absolute atomic E-state index is 0.172. The van der Waals surface area contributed by atoms with Gasteiger partial charge in [-0.05, 0) is 21.6 Å². The van der Waals surface area contributed by atoms with E-state index in [2.05, 4.69) is 19.7 Å². The van der Waals surface area contributed by atoms with Crippen molar-refractivity contribution in [2.24, 2.45) is 0 Å². The van der Waals surface area contributed by atoms with Crippen LogP contribution in [0.3, 0.4) is 0 Å². The van der Waals surface area contributed by atoms with Crippen molar-refractivity contribution >= 4 is 25.2 Å². The van der Waals surface area contributed by atoms with Crippen LogP contribution in [-0.4, -0.2) is 11.1 Å². The molecule has 0 radical (unpaired) electrons.